The summed E-state index contributed by atoms with van der Waals surface area (Å²) in [6, 6.07) is 0. The number of rotatable bonds is 0. The van der Waals surface area contributed by atoms with Crippen LogP contribution in [0.2, 0.25) is 0 Å². The van der Waals surface area contributed by atoms with Crippen molar-refractivity contribution in [3.8, 4) is 5.88 Å². The second-order valence-corrected chi connectivity index (χ2v) is 4.38. The fourth-order valence-corrected chi connectivity index (χ4v) is 1.22. The molecule has 0 saturated carbocycles. The van der Waals surface area contributed by atoms with E-state index in [9.17, 15) is 18.3 Å². The Hall–Kier alpha value is -1.20. The van der Waals surface area contributed by atoms with Gasteiger partial charge in [0.15, 0.2) is 5.69 Å². The minimum absolute atomic E-state index is 0.238. The number of aromatic nitrogens is 2. The topological polar surface area (TPSA) is 38.0 Å². The van der Waals surface area contributed by atoms with Gasteiger partial charge in [0.25, 0.3) is 0 Å². The first kappa shape index (κ1) is 11.9. The fraction of sp³-hybridized carbons (Fsp3) is 0.667. The fourth-order valence-electron chi connectivity index (χ4n) is 1.22. The second-order valence-electron chi connectivity index (χ2n) is 4.38. The van der Waals surface area contributed by atoms with Crippen molar-refractivity contribution in [1.29, 1.82) is 0 Å². The maximum absolute atomic E-state index is 12.4. The van der Waals surface area contributed by atoms with Gasteiger partial charge in [0.1, 0.15) is 0 Å². The van der Waals surface area contributed by atoms with Crippen LogP contribution in [0.5, 0.6) is 5.88 Å². The van der Waals surface area contributed by atoms with Crippen LogP contribution in [-0.2, 0) is 11.7 Å². The summed E-state index contributed by atoms with van der Waals surface area (Å²) in [7, 11) is 0. The van der Waals surface area contributed by atoms with Crippen LogP contribution < -0.4 is 0 Å². The molecule has 0 fully saturated rings. The van der Waals surface area contributed by atoms with Gasteiger partial charge in [-0.3, -0.25) is 0 Å². The van der Waals surface area contributed by atoms with Crippen LogP contribution in [0.1, 0.15) is 32.0 Å². The second kappa shape index (κ2) is 3.15. The first-order chi connectivity index (χ1) is 6.55. The predicted molar refractivity (Wildman–Crippen MR) is 48.6 cm³/mol. The molecular formula is C9H13F3N2O. The third kappa shape index (κ3) is 2.08. The lowest BCUT2D eigenvalue weighted by Crippen LogP contribution is -2.23. The molecule has 0 atom stereocenters. The highest BCUT2D eigenvalue weighted by Gasteiger charge is 2.39. The van der Waals surface area contributed by atoms with Crippen molar-refractivity contribution in [3.63, 3.8) is 0 Å². The highest BCUT2D eigenvalue weighted by Crippen LogP contribution is 2.36. The monoisotopic (exact) mass is 222 g/mol. The largest absolute Gasteiger partial charge is 0.493 e. The summed E-state index contributed by atoms with van der Waals surface area (Å²) in [6.07, 6.45) is -4.53. The van der Waals surface area contributed by atoms with E-state index in [2.05, 4.69) is 5.10 Å². The molecule has 3 nitrogen and oxygen atoms in total. The summed E-state index contributed by atoms with van der Waals surface area (Å²) in [4.78, 5) is 0. The molecule has 0 aliphatic heterocycles. The van der Waals surface area contributed by atoms with Crippen LogP contribution in [0.4, 0.5) is 13.2 Å². The standard InChI is InChI=1S/C9H13F3N2O/c1-5-6(9(10,11)12)13-14(7(5)15)8(2,3)4/h15H,1-4H3. The van der Waals surface area contributed by atoms with Crippen molar-refractivity contribution in [1.82, 2.24) is 9.78 Å². The van der Waals surface area contributed by atoms with Crippen LogP contribution in [0.15, 0.2) is 0 Å². The lowest BCUT2D eigenvalue weighted by molar-refractivity contribution is -0.142. The van der Waals surface area contributed by atoms with Gasteiger partial charge in [-0.1, -0.05) is 0 Å². The van der Waals surface area contributed by atoms with Crippen LogP contribution in [0, 0.1) is 6.92 Å². The normalized spacial score (nSPS) is 13.3. The molecule has 0 bridgehead atoms. The van der Waals surface area contributed by atoms with Crippen molar-refractivity contribution in [3.05, 3.63) is 11.3 Å². The summed E-state index contributed by atoms with van der Waals surface area (Å²) < 4.78 is 38.3. The number of aromatic hydroxyl groups is 1. The Balaban J connectivity index is 3.38. The molecular weight excluding hydrogens is 209 g/mol. The molecule has 86 valence electrons. The van der Waals surface area contributed by atoms with Gasteiger partial charge in [-0.25, -0.2) is 4.68 Å². The quantitative estimate of drug-likeness (QED) is 0.732. The molecule has 0 aliphatic rings. The Morgan fingerprint density at radius 3 is 1.87 bits per heavy atom. The summed E-state index contributed by atoms with van der Waals surface area (Å²) in [6.45, 7) is 6.20. The van der Waals surface area contributed by atoms with Gasteiger partial charge in [-0.15, -0.1) is 0 Å². The molecule has 0 spiro atoms. The Morgan fingerprint density at radius 1 is 1.20 bits per heavy atom. The molecule has 0 saturated heterocycles. The number of hydrogen-bond donors (Lipinski definition) is 1. The molecule has 0 radical (unpaired) electrons. The van der Waals surface area contributed by atoms with E-state index in [-0.39, 0.29) is 5.56 Å². The van der Waals surface area contributed by atoms with Gasteiger partial charge < -0.3 is 5.11 Å². The molecule has 1 aromatic heterocycles. The predicted octanol–water partition coefficient (Wildman–Crippen LogP) is 2.67. The minimum Gasteiger partial charge on any atom is -0.493 e. The Kier molecular flexibility index (Phi) is 2.49. The molecule has 0 aromatic carbocycles. The third-order valence-corrected chi connectivity index (χ3v) is 2.00. The van der Waals surface area contributed by atoms with Crippen LogP contribution in [-0.4, -0.2) is 14.9 Å². The van der Waals surface area contributed by atoms with E-state index in [1.54, 1.807) is 20.8 Å². The summed E-state index contributed by atoms with van der Waals surface area (Å²) >= 11 is 0. The van der Waals surface area contributed by atoms with Crippen LogP contribution >= 0.6 is 0 Å². The van der Waals surface area contributed by atoms with Crippen molar-refractivity contribution in [2.45, 2.75) is 39.4 Å². The van der Waals surface area contributed by atoms with E-state index in [4.69, 9.17) is 0 Å². The van der Waals surface area contributed by atoms with Crippen LogP contribution in [0.25, 0.3) is 0 Å². The van der Waals surface area contributed by atoms with Gasteiger partial charge in [0.2, 0.25) is 5.88 Å². The first-order valence-electron chi connectivity index (χ1n) is 4.41. The molecule has 1 rings (SSSR count). The van der Waals surface area contributed by atoms with Gasteiger partial charge in [-0.2, -0.15) is 18.3 Å². The average molecular weight is 222 g/mol. The zero-order chi connectivity index (χ0) is 12.0. The Morgan fingerprint density at radius 2 is 1.67 bits per heavy atom. The zero-order valence-corrected chi connectivity index (χ0v) is 8.98. The summed E-state index contributed by atoms with van der Waals surface area (Å²) in [5.74, 6) is -0.435. The van der Waals surface area contributed by atoms with E-state index in [0.717, 1.165) is 4.68 Å². The van der Waals surface area contributed by atoms with E-state index >= 15 is 0 Å². The number of halogens is 3. The molecule has 1 aromatic rings. The van der Waals surface area contributed by atoms with Gasteiger partial charge in [0.05, 0.1) is 5.54 Å². The van der Waals surface area contributed by atoms with Crippen molar-refractivity contribution in [2.75, 3.05) is 0 Å². The first-order valence-corrected chi connectivity index (χ1v) is 4.41. The van der Waals surface area contributed by atoms with E-state index < -0.39 is 23.3 Å². The van der Waals surface area contributed by atoms with Crippen molar-refractivity contribution < 1.29 is 18.3 Å². The minimum atomic E-state index is -4.53. The average Bonchev–Trinajstić information content (AvgIpc) is 2.26. The number of nitrogens with zero attached hydrogens (tertiary/aromatic N) is 2. The highest BCUT2D eigenvalue weighted by molar-refractivity contribution is 5.31. The van der Waals surface area contributed by atoms with Crippen molar-refractivity contribution >= 4 is 0 Å². The van der Waals surface area contributed by atoms with Gasteiger partial charge in [0, 0.05) is 5.56 Å². The molecule has 0 unspecified atom stereocenters. The molecule has 1 heterocycles. The smallest absolute Gasteiger partial charge is 0.435 e. The maximum atomic E-state index is 12.4. The maximum Gasteiger partial charge on any atom is 0.435 e. The van der Waals surface area contributed by atoms with Gasteiger partial charge in [-0.05, 0) is 27.7 Å². The van der Waals surface area contributed by atoms with E-state index in [0.29, 0.717) is 0 Å². The SMILES string of the molecule is Cc1c(C(F)(F)F)nn(C(C)(C)C)c1O. The van der Waals surface area contributed by atoms with Crippen molar-refractivity contribution in [2.24, 2.45) is 0 Å². The summed E-state index contributed by atoms with van der Waals surface area (Å²) in [5, 5.41) is 12.9. The highest BCUT2D eigenvalue weighted by atomic mass is 19.4. The van der Waals surface area contributed by atoms with Gasteiger partial charge >= 0.3 is 6.18 Å². The molecule has 6 heteroatoms. The zero-order valence-electron chi connectivity index (χ0n) is 8.98. The molecule has 1 N–H and O–H groups in total. The van der Waals surface area contributed by atoms with E-state index in [1.165, 1.54) is 6.92 Å². The van der Waals surface area contributed by atoms with E-state index in [1.807, 2.05) is 0 Å². The third-order valence-electron chi connectivity index (χ3n) is 2.00. The lowest BCUT2D eigenvalue weighted by Gasteiger charge is -2.19. The molecule has 0 amide bonds. The molecule has 0 aliphatic carbocycles. The number of alkyl halides is 3. The van der Waals surface area contributed by atoms with Crippen LogP contribution in [0.3, 0.4) is 0 Å². The number of hydrogen-bond acceptors (Lipinski definition) is 2. The molecule has 15 heavy (non-hydrogen) atoms. The Labute approximate surface area is 85.5 Å². The summed E-state index contributed by atoms with van der Waals surface area (Å²) in [5.41, 5.74) is -1.95. The lowest BCUT2D eigenvalue weighted by atomic mass is 10.1. The Bertz CT molecular complexity index is 339.